The Morgan fingerprint density at radius 1 is 1.48 bits per heavy atom. The first kappa shape index (κ1) is 14.0. The molecule has 0 radical (unpaired) electrons. The van der Waals surface area contributed by atoms with E-state index in [1.807, 2.05) is 6.07 Å². The van der Waals surface area contributed by atoms with Gasteiger partial charge in [-0.25, -0.2) is 9.48 Å². The number of likely N-dealkylation sites (tertiary alicyclic amines) is 1. The molecule has 6 nitrogen and oxygen atoms in total. The second kappa shape index (κ2) is 5.44. The Balaban J connectivity index is 1.94. The molecule has 1 aromatic carbocycles. The van der Waals surface area contributed by atoms with Crippen LogP contribution in [0.2, 0.25) is 0 Å². The molecule has 6 heteroatoms. The predicted octanol–water partition coefficient (Wildman–Crippen LogP) is 1.90. The number of fused-ring (bicyclic) bond motifs is 1. The number of nitrogens with zero attached hydrogens (tertiary/aromatic N) is 4. The molecule has 0 spiro atoms. The number of carboxylic acids is 1. The summed E-state index contributed by atoms with van der Waals surface area (Å²) < 4.78 is 1.63. The highest BCUT2D eigenvalue weighted by Gasteiger charge is 2.19. The molecule has 3 rings (SSSR count). The molecule has 2 aromatic rings. The van der Waals surface area contributed by atoms with Crippen LogP contribution in [-0.4, -0.2) is 44.1 Å². The number of aromatic carboxylic acids is 1. The minimum atomic E-state index is -0.950. The van der Waals surface area contributed by atoms with Gasteiger partial charge < -0.3 is 5.11 Å². The zero-order chi connectivity index (χ0) is 15.0. The van der Waals surface area contributed by atoms with Crippen molar-refractivity contribution < 1.29 is 9.90 Å². The summed E-state index contributed by atoms with van der Waals surface area (Å²) in [7, 11) is 1.79. The van der Waals surface area contributed by atoms with Crippen LogP contribution in [0.25, 0.3) is 11.0 Å². The first-order valence-electron chi connectivity index (χ1n) is 7.32. The van der Waals surface area contributed by atoms with Gasteiger partial charge in [-0.15, -0.1) is 5.10 Å². The van der Waals surface area contributed by atoms with Crippen LogP contribution in [-0.2, 0) is 13.6 Å². The van der Waals surface area contributed by atoms with E-state index in [2.05, 4.69) is 22.1 Å². The van der Waals surface area contributed by atoms with Crippen LogP contribution in [0.5, 0.6) is 0 Å². The van der Waals surface area contributed by atoms with Crippen molar-refractivity contribution >= 4 is 17.0 Å². The summed E-state index contributed by atoms with van der Waals surface area (Å²) in [6.07, 6.45) is 2.49. The molecule has 0 saturated carbocycles. The Morgan fingerprint density at radius 3 is 3.00 bits per heavy atom. The maximum atomic E-state index is 11.4. The van der Waals surface area contributed by atoms with E-state index >= 15 is 0 Å². The van der Waals surface area contributed by atoms with Crippen molar-refractivity contribution in [3.05, 3.63) is 23.3 Å². The third-order valence-electron chi connectivity index (χ3n) is 4.15. The van der Waals surface area contributed by atoms with Gasteiger partial charge in [0.2, 0.25) is 0 Å². The molecule has 1 aliphatic heterocycles. The number of hydrogen-bond donors (Lipinski definition) is 1. The lowest BCUT2D eigenvalue weighted by atomic mass is 9.99. The molecule has 0 bridgehead atoms. The van der Waals surface area contributed by atoms with E-state index in [1.165, 1.54) is 12.8 Å². The smallest absolute Gasteiger partial charge is 0.338 e. The zero-order valence-corrected chi connectivity index (χ0v) is 12.4. The molecule has 1 atom stereocenters. The van der Waals surface area contributed by atoms with Gasteiger partial charge in [0, 0.05) is 20.1 Å². The highest BCUT2D eigenvalue weighted by atomic mass is 16.4. The van der Waals surface area contributed by atoms with Gasteiger partial charge in [0.25, 0.3) is 0 Å². The average molecular weight is 288 g/mol. The fourth-order valence-electron chi connectivity index (χ4n) is 3.13. The van der Waals surface area contributed by atoms with Crippen LogP contribution in [0, 0.1) is 5.92 Å². The van der Waals surface area contributed by atoms with Crippen molar-refractivity contribution in [2.24, 2.45) is 13.0 Å². The van der Waals surface area contributed by atoms with Crippen molar-refractivity contribution in [3.63, 3.8) is 0 Å². The molecule has 1 N–H and O–H groups in total. The summed E-state index contributed by atoms with van der Waals surface area (Å²) in [6.45, 7) is 5.20. The molecule has 1 saturated heterocycles. The normalized spacial score (nSPS) is 20.0. The number of piperidine rings is 1. The summed E-state index contributed by atoms with van der Waals surface area (Å²) in [5, 5.41) is 17.3. The lowest BCUT2D eigenvalue weighted by Gasteiger charge is -2.30. The molecule has 21 heavy (non-hydrogen) atoms. The van der Waals surface area contributed by atoms with Gasteiger partial charge in [0.1, 0.15) is 5.52 Å². The molecule has 1 aromatic heterocycles. The Hall–Kier alpha value is -1.95. The lowest BCUT2D eigenvalue weighted by Crippen LogP contribution is -2.33. The fourth-order valence-corrected chi connectivity index (χ4v) is 3.13. The summed E-state index contributed by atoms with van der Waals surface area (Å²) in [4.78, 5) is 13.8. The summed E-state index contributed by atoms with van der Waals surface area (Å²) >= 11 is 0. The topological polar surface area (TPSA) is 71.2 Å². The summed E-state index contributed by atoms with van der Waals surface area (Å²) in [5.74, 6) is -0.242. The number of aromatic nitrogens is 3. The quantitative estimate of drug-likeness (QED) is 0.934. The second-order valence-corrected chi connectivity index (χ2v) is 6.01. The van der Waals surface area contributed by atoms with Crippen LogP contribution in [0.3, 0.4) is 0 Å². The molecule has 1 aliphatic rings. The number of rotatable bonds is 3. The fraction of sp³-hybridized carbons (Fsp3) is 0.533. The van der Waals surface area contributed by atoms with Crippen LogP contribution in [0.4, 0.5) is 0 Å². The van der Waals surface area contributed by atoms with Crippen molar-refractivity contribution in [1.29, 1.82) is 0 Å². The van der Waals surface area contributed by atoms with Gasteiger partial charge in [-0.2, -0.15) is 0 Å². The van der Waals surface area contributed by atoms with E-state index in [0.29, 0.717) is 11.4 Å². The first-order valence-corrected chi connectivity index (χ1v) is 7.32. The van der Waals surface area contributed by atoms with E-state index in [9.17, 15) is 9.90 Å². The molecule has 2 heterocycles. The third kappa shape index (κ3) is 2.76. The molecular formula is C15H20N4O2. The number of hydrogen-bond acceptors (Lipinski definition) is 4. The summed E-state index contributed by atoms with van der Waals surface area (Å²) in [5.41, 5.74) is 2.48. The second-order valence-electron chi connectivity index (χ2n) is 6.01. The average Bonchev–Trinajstić information content (AvgIpc) is 2.80. The summed E-state index contributed by atoms with van der Waals surface area (Å²) in [6, 6.07) is 3.74. The van der Waals surface area contributed by atoms with Crippen LogP contribution >= 0.6 is 0 Å². The van der Waals surface area contributed by atoms with Crippen LogP contribution < -0.4 is 0 Å². The van der Waals surface area contributed by atoms with Crippen molar-refractivity contribution in [2.45, 2.75) is 26.3 Å². The van der Waals surface area contributed by atoms with E-state index in [4.69, 9.17) is 0 Å². The molecule has 0 unspecified atom stereocenters. The Labute approximate surface area is 123 Å². The van der Waals surface area contributed by atoms with Crippen molar-refractivity contribution in [3.8, 4) is 0 Å². The maximum absolute atomic E-state index is 11.4. The van der Waals surface area contributed by atoms with Gasteiger partial charge in [0.05, 0.1) is 11.1 Å². The number of carbonyl (C=O) groups is 1. The third-order valence-corrected chi connectivity index (χ3v) is 4.15. The Bertz CT molecular complexity index is 680. The number of carboxylic acid groups (broad SMARTS) is 1. The van der Waals surface area contributed by atoms with Gasteiger partial charge >= 0.3 is 5.97 Å². The van der Waals surface area contributed by atoms with Gasteiger partial charge in [-0.1, -0.05) is 12.1 Å². The molecule has 0 amide bonds. The lowest BCUT2D eigenvalue weighted by molar-refractivity contribution is 0.0698. The molecule has 0 aliphatic carbocycles. The minimum Gasteiger partial charge on any atom is -0.478 e. The SMILES string of the molecule is C[C@H]1CCCN(Cc2cc(C(=O)O)c3nnn(C)c3c2)C1. The largest absolute Gasteiger partial charge is 0.478 e. The van der Waals surface area contributed by atoms with Crippen LogP contribution in [0.1, 0.15) is 35.7 Å². The standard InChI is InChI=1S/C15H20N4O2/c1-10-4-3-5-19(8-10)9-11-6-12(15(20)21)14-13(7-11)18(2)17-16-14/h6-7,10H,3-5,8-9H2,1-2H3,(H,20,21)/t10-/m0/s1. The van der Waals surface area contributed by atoms with Crippen LogP contribution in [0.15, 0.2) is 12.1 Å². The number of aryl methyl sites for hydroxylation is 1. The van der Waals surface area contributed by atoms with E-state index < -0.39 is 5.97 Å². The molecule has 112 valence electrons. The monoisotopic (exact) mass is 288 g/mol. The Kier molecular flexibility index (Phi) is 3.63. The van der Waals surface area contributed by atoms with E-state index in [-0.39, 0.29) is 5.56 Å². The van der Waals surface area contributed by atoms with Gasteiger partial charge in [0.15, 0.2) is 0 Å². The van der Waals surface area contributed by atoms with Gasteiger partial charge in [-0.3, -0.25) is 4.90 Å². The molecular weight excluding hydrogens is 268 g/mol. The maximum Gasteiger partial charge on any atom is 0.338 e. The van der Waals surface area contributed by atoms with Crippen molar-refractivity contribution in [1.82, 2.24) is 19.9 Å². The minimum absolute atomic E-state index is 0.237. The Morgan fingerprint density at radius 2 is 2.29 bits per heavy atom. The number of benzene rings is 1. The zero-order valence-electron chi connectivity index (χ0n) is 12.4. The highest BCUT2D eigenvalue weighted by Crippen LogP contribution is 2.22. The van der Waals surface area contributed by atoms with E-state index in [1.54, 1.807) is 17.8 Å². The van der Waals surface area contributed by atoms with Crippen molar-refractivity contribution in [2.75, 3.05) is 13.1 Å². The van der Waals surface area contributed by atoms with Gasteiger partial charge in [-0.05, 0) is 43.0 Å². The first-order chi connectivity index (χ1) is 10.0. The highest BCUT2D eigenvalue weighted by molar-refractivity contribution is 6.01. The predicted molar refractivity (Wildman–Crippen MR) is 79.1 cm³/mol. The molecule has 1 fully saturated rings. The van der Waals surface area contributed by atoms with E-state index in [0.717, 1.165) is 30.7 Å².